The van der Waals surface area contributed by atoms with E-state index in [0.29, 0.717) is 5.52 Å². The number of nitrogens with one attached hydrogen (secondary N) is 1. The number of imidazole rings is 1. The third kappa shape index (κ3) is 4.19. The van der Waals surface area contributed by atoms with Crippen molar-refractivity contribution in [1.29, 1.82) is 0 Å². The fraction of sp³-hybridized carbons (Fsp3) is 0.250. The standard InChI is InChI=1S/C16H16N4O3S3/c1-3-24-15-19-20-16(26-15)25-8-11(21)12(14(22)23-2)13-17-9-6-4-5-7-10(9)18-13/h4-7,21H,3,8H2,1-2H3,(H,17,18)/b12-11+. The monoisotopic (exact) mass is 408 g/mol. The number of para-hydroxylation sites is 2. The van der Waals surface area contributed by atoms with E-state index >= 15 is 0 Å². The Bertz CT molecular complexity index is 918. The first-order valence-electron chi connectivity index (χ1n) is 7.67. The molecule has 0 unspecified atom stereocenters. The number of carbonyl (C=O) groups is 1. The molecule has 0 aliphatic rings. The summed E-state index contributed by atoms with van der Waals surface area (Å²) >= 11 is 4.37. The molecule has 0 spiro atoms. The summed E-state index contributed by atoms with van der Waals surface area (Å²) in [5, 5.41) is 18.7. The van der Waals surface area contributed by atoms with Gasteiger partial charge in [-0.3, -0.25) is 0 Å². The number of aromatic amines is 1. The van der Waals surface area contributed by atoms with Gasteiger partial charge in [0.25, 0.3) is 0 Å². The Morgan fingerprint density at radius 1 is 1.27 bits per heavy atom. The molecular formula is C16H16N4O3S3. The summed E-state index contributed by atoms with van der Waals surface area (Å²) in [5.74, 6) is 0.577. The molecule has 26 heavy (non-hydrogen) atoms. The highest BCUT2D eigenvalue weighted by atomic mass is 32.2. The van der Waals surface area contributed by atoms with Gasteiger partial charge < -0.3 is 14.8 Å². The van der Waals surface area contributed by atoms with Crippen molar-refractivity contribution < 1.29 is 14.6 Å². The highest BCUT2D eigenvalue weighted by molar-refractivity contribution is 8.03. The molecule has 10 heteroatoms. The Labute approximate surface area is 162 Å². The molecule has 7 nitrogen and oxygen atoms in total. The molecular weight excluding hydrogens is 392 g/mol. The second-order valence-corrected chi connectivity index (χ2v) is 8.68. The number of hydrogen-bond acceptors (Lipinski definition) is 9. The van der Waals surface area contributed by atoms with E-state index in [9.17, 15) is 9.90 Å². The smallest absolute Gasteiger partial charge is 0.345 e. The quantitative estimate of drug-likeness (QED) is 0.264. The summed E-state index contributed by atoms with van der Waals surface area (Å²) in [6, 6.07) is 7.39. The highest BCUT2D eigenvalue weighted by Crippen LogP contribution is 2.30. The van der Waals surface area contributed by atoms with Gasteiger partial charge in [-0.05, 0) is 17.9 Å². The molecule has 3 rings (SSSR count). The molecule has 0 saturated heterocycles. The number of ether oxygens (including phenoxy) is 1. The Kier molecular flexibility index (Phi) is 6.17. The van der Waals surface area contributed by atoms with Gasteiger partial charge in [-0.15, -0.1) is 10.2 Å². The summed E-state index contributed by atoms with van der Waals surface area (Å²) in [6.45, 7) is 2.05. The lowest BCUT2D eigenvalue weighted by molar-refractivity contribution is -0.133. The van der Waals surface area contributed by atoms with Crippen LogP contribution in [0.4, 0.5) is 0 Å². The molecule has 0 fully saturated rings. The molecule has 0 atom stereocenters. The Balaban J connectivity index is 1.85. The summed E-state index contributed by atoms with van der Waals surface area (Å²) in [7, 11) is 1.27. The first kappa shape index (κ1) is 18.7. The van der Waals surface area contributed by atoms with Gasteiger partial charge in [0.05, 0.1) is 23.9 Å². The van der Waals surface area contributed by atoms with Gasteiger partial charge in [0.15, 0.2) is 8.68 Å². The molecule has 136 valence electrons. The zero-order chi connectivity index (χ0) is 18.5. The van der Waals surface area contributed by atoms with E-state index in [1.807, 2.05) is 31.2 Å². The Morgan fingerprint density at radius 2 is 2.00 bits per heavy atom. The number of methoxy groups -OCH3 is 1. The maximum atomic E-state index is 12.2. The van der Waals surface area contributed by atoms with Crippen LogP contribution in [0.25, 0.3) is 16.6 Å². The first-order chi connectivity index (χ1) is 12.6. The number of thioether (sulfide) groups is 2. The van der Waals surface area contributed by atoms with Crippen molar-refractivity contribution in [2.24, 2.45) is 0 Å². The van der Waals surface area contributed by atoms with Crippen LogP contribution >= 0.6 is 34.9 Å². The first-order valence-corrected chi connectivity index (χ1v) is 10.5. The van der Waals surface area contributed by atoms with E-state index in [4.69, 9.17) is 4.74 Å². The van der Waals surface area contributed by atoms with E-state index in [2.05, 4.69) is 20.2 Å². The number of carbonyl (C=O) groups excluding carboxylic acids is 1. The number of aromatic nitrogens is 4. The number of aliphatic hydroxyl groups is 1. The van der Waals surface area contributed by atoms with E-state index in [1.165, 1.54) is 30.2 Å². The maximum Gasteiger partial charge on any atom is 0.345 e. The molecule has 0 bridgehead atoms. The van der Waals surface area contributed by atoms with Crippen LogP contribution in [0.3, 0.4) is 0 Å². The Hall–Kier alpha value is -2.04. The molecule has 0 aliphatic carbocycles. The molecule has 0 saturated carbocycles. The van der Waals surface area contributed by atoms with Gasteiger partial charge in [-0.2, -0.15) is 0 Å². The van der Waals surface area contributed by atoms with E-state index < -0.39 is 5.97 Å². The Morgan fingerprint density at radius 3 is 2.69 bits per heavy atom. The van der Waals surface area contributed by atoms with Gasteiger partial charge in [0, 0.05) is 0 Å². The van der Waals surface area contributed by atoms with Gasteiger partial charge in [0.2, 0.25) is 0 Å². The van der Waals surface area contributed by atoms with Crippen LogP contribution < -0.4 is 0 Å². The van der Waals surface area contributed by atoms with Crippen molar-refractivity contribution in [3.8, 4) is 0 Å². The average molecular weight is 409 g/mol. The summed E-state index contributed by atoms with van der Waals surface area (Å²) in [5.41, 5.74) is 1.49. The van der Waals surface area contributed by atoms with Crippen LogP contribution in [0, 0.1) is 0 Å². The van der Waals surface area contributed by atoms with Crippen LogP contribution in [0.15, 0.2) is 38.7 Å². The minimum absolute atomic E-state index is 0.0175. The summed E-state index contributed by atoms with van der Waals surface area (Å²) < 4.78 is 6.42. The third-order valence-electron chi connectivity index (χ3n) is 3.29. The van der Waals surface area contributed by atoms with Crippen LogP contribution in [0.5, 0.6) is 0 Å². The lowest BCUT2D eigenvalue weighted by atomic mass is 10.2. The fourth-order valence-electron chi connectivity index (χ4n) is 2.16. The zero-order valence-electron chi connectivity index (χ0n) is 14.1. The zero-order valence-corrected chi connectivity index (χ0v) is 16.5. The van der Waals surface area contributed by atoms with Gasteiger partial charge in [-0.25, -0.2) is 9.78 Å². The minimum atomic E-state index is -0.651. The van der Waals surface area contributed by atoms with E-state index in [-0.39, 0.29) is 22.9 Å². The number of hydrogen-bond donors (Lipinski definition) is 2. The average Bonchev–Trinajstić information content (AvgIpc) is 3.26. The number of H-pyrrole nitrogens is 1. The predicted molar refractivity (Wildman–Crippen MR) is 105 cm³/mol. The third-order valence-corrected chi connectivity index (χ3v) is 6.38. The van der Waals surface area contributed by atoms with Gasteiger partial charge >= 0.3 is 5.97 Å². The highest BCUT2D eigenvalue weighted by Gasteiger charge is 2.22. The van der Waals surface area contributed by atoms with E-state index in [0.717, 1.165) is 19.9 Å². The molecule has 3 aromatic rings. The molecule has 2 aromatic heterocycles. The predicted octanol–water partition coefficient (Wildman–Crippen LogP) is 3.76. The van der Waals surface area contributed by atoms with Crippen LogP contribution in [0.1, 0.15) is 12.7 Å². The largest absolute Gasteiger partial charge is 0.510 e. The lowest BCUT2D eigenvalue weighted by Crippen LogP contribution is -2.09. The minimum Gasteiger partial charge on any atom is -0.510 e. The van der Waals surface area contributed by atoms with Crippen molar-refractivity contribution in [2.75, 3.05) is 18.6 Å². The molecule has 0 radical (unpaired) electrons. The lowest BCUT2D eigenvalue weighted by Gasteiger charge is -2.06. The van der Waals surface area contributed by atoms with Crippen LogP contribution in [0.2, 0.25) is 0 Å². The molecule has 2 N–H and O–H groups in total. The van der Waals surface area contributed by atoms with Gasteiger partial charge in [0.1, 0.15) is 17.2 Å². The molecule has 1 aromatic carbocycles. The van der Waals surface area contributed by atoms with Crippen molar-refractivity contribution in [3.63, 3.8) is 0 Å². The number of nitrogens with zero attached hydrogens (tertiary/aromatic N) is 3. The number of rotatable bonds is 7. The van der Waals surface area contributed by atoms with Crippen molar-refractivity contribution in [2.45, 2.75) is 15.6 Å². The van der Waals surface area contributed by atoms with Crippen molar-refractivity contribution in [1.82, 2.24) is 20.2 Å². The van der Waals surface area contributed by atoms with E-state index in [1.54, 1.807) is 11.8 Å². The normalized spacial score (nSPS) is 12.2. The maximum absolute atomic E-state index is 12.2. The van der Waals surface area contributed by atoms with Crippen molar-refractivity contribution >= 4 is 57.4 Å². The van der Waals surface area contributed by atoms with Gasteiger partial charge in [-0.1, -0.05) is 53.9 Å². The number of aliphatic hydroxyl groups excluding tert-OH is 1. The SMILES string of the molecule is CCSc1nnc(SC/C(O)=C(\C(=O)OC)c2nc3ccccc3[nH]2)s1. The molecule has 0 amide bonds. The summed E-state index contributed by atoms with van der Waals surface area (Å²) in [6.07, 6.45) is 0. The molecule has 0 aliphatic heterocycles. The molecule has 2 heterocycles. The second kappa shape index (κ2) is 8.56. The number of esters is 1. The topological polar surface area (TPSA) is 101 Å². The number of fused-ring (bicyclic) bond motifs is 1. The second-order valence-electron chi connectivity index (χ2n) is 4.97. The fourth-order valence-corrected chi connectivity index (χ4v) is 4.96. The van der Waals surface area contributed by atoms with Crippen molar-refractivity contribution in [3.05, 3.63) is 35.8 Å². The van der Waals surface area contributed by atoms with Crippen LogP contribution in [-0.4, -0.2) is 49.9 Å². The number of benzene rings is 1. The van der Waals surface area contributed by atoms with Crippen LogP contribution in [-0.2, 0) is 9.53 Å². The summed E-state index contributed by atoms with van der Waals surface area (Å²) in [4.78, 5) is 19.6.